The predicted molar refractivity (Wildman–Crippen MR) is 114 cm³/mol. The zero-order valence-electron chi connectivity index (χ0n) is 17.0. The molecule has 142 valence electrons. The predicted octanol–water partition coefficient (Wildman–Crippen LogP) is 6.80. The summed E-state index contributed by atoms with van der Waals surface area (Å²) in [5, 5.41) is 9.32. The summed E-state index contributed by atoms with van der Waals surface area (Å²) in [5.41, 5.74) is 1.53. The fraction of sp³-hybridized carbons (Fsp3) is 0.739. The van der Waals surface area contributed by atoms with Gasteiger partial charge in [0.05, 0.1) is 0 Å². The second kappa shape index (κ2) is 13.9. The van der Waals surface area contributed by atoms with Crippen LogP contribution in [-0.4, -0.2) is 30.1 Å². The minimum atomic E-state index is -2.49. The van der Waals surface area contributed by atoms with Gasteiger partial charge in [-0.2, -0.15) is 0 Å². The zero-order chi connectivity index (χ0) is 18.4. The van der Waals surface area contributed by atoms with Gasteiger partial charge in [0.2, 0.25) is 0 Å². The fourth-order valence-electron chi connectivity index (χ4n) is 3.96. The third kappa shape index (κ3) is 8.35. The molecule has 1 N–H and O–H groups in total. The molecule has 1 aliphatic carbocycles. The van der Waals surface area contributed by atoms with E-state index in [9.17, 15) is 5.11 Å². The van der Waals surface area contributed by atoms with Crippen LogP contribution in [0.3, 0.4) is 0 Å². The Morgan fingerprint density at radius 1 is 1.04 bits per heavy atom. The molecule has 0 unspecified atom stereocenters. The van der Waals surface area contributed by atoms with Crippen molar-refractivity contribution in [2.24, 2.45) is 0 Å². The van der Waals surface area contributed by atoms with Crippen molar-refractivity contribution in [3.05, 3.63) is 21.3 Å². The van der Waals surface area contributed by atoms with Gasteiger partial charge in [0.15, 0.2) is 0 Å². The number of allylic oxidation sites excluding steroid dienone is 4. The first-order chi connectivity index (χ1) is 12.2. The van der Waals surface area contributed by atoms with E-state index in [1.54, 1.807) is 0 Å². The van der Waals surface area contributed by atoms with Crippen LogP contribution >= 0.6 is 0 Å². The van der Waals surface area contributed by atoms with Crippen molar-refractivity contribution >= 4 is 18.4 Å². The van der Waals surface area contributed by atoms with E-state index in [-0.39, 0.29) is 6.61 Å². The Bertz CT molecular complexity index is 456. The Labute approximate surface area is 161 Å². The van der Waals surface area contributed by atoms with Crippen LogP contribution in [0.25, 0.3) is 0 Å². The summed E-state index contributed by atoms with van der Waals surface area (Å²) in [5.74, 6) is 6.53. The molecule has 0 aromatic carbocycles. The first kappa shape index (κ1) is 22.8. The normalized spacial score (nSPS) is 15.5. The van der Waals surface area contributed by atoms with Crippen LogP contribution < -0.4 is 0 Å². The first-order valence-corrected chi connectivity index (χ1v) is 18.2. The average molecular weight is 451 g/mol. The van der Waals surface area contributed by atoms with Crippen molar-refractivity contribution < 1.29 is 5.11 Å². The van der Waals surface area contributed by atoms with E-state index in [0.29, 0.717) is 0 Å². The van der Waals surface area contributed by atoms with E-state index >= 15 is 0 Å². The molecular weight excluding hydrogens is 411 g/mol. The van der Waals surface area contributed by atoms with Crippen LogP contribution in [0.4, 0.5) is 0 Å². The molecule has 0 heterocycles. The van der Waals surface area contributed by atoms with Crippen LogP contribution in [0.1, 0.15) is 85.0 Å². The van der Waals surface area contributed by atoms with Crippen LogP contribution in [0.5, 0.6) is 0 Å². The number of rotatable bonds is 11. The van der Waals surface area contributed by atoms with Crippen molar-refractivity contribution in [1.82, 2.24) is 0 Å². The molecule has 0 saturated heterocycles. The SMILES string of the molecule is CCC[CH2][Sn]([CH2]CCC)([CH2]CCC)/[C](C#CCO)=C\C1=CCCCC1. The maximum absolute atomic E-state index is 9.32. The van der Waals surface area contributed by atoms with Crippen LogP contribution in [0.15, 0.2) is 21.3 Å². The molecule has 0 atom stereocenters. The number of aliphatic hydroxyl groups excluding tert-OH is 1. The standard InChI is InChI=1S/C11H13O.3C4H9.Sn/c12-10-6-2-5-9-11-7-3-1-4-8-11;3*1-3-4-2;/h7,9,12H,1,3-4,8,10H2;3*1,3-4H2,2H3;. The molecule has 0 fully saturated rings. The van der Waals surface area contributed by atoms with Crippen LogP contribution in [0, 0.1) is 11.8 Å². The van der Waals surface area contributed by atoms with Crippen molar-refractivity contribution in [2.75, 3.05) is 6.61 Å². The molecule has 25 heavy (non-hydrogen) atoms. The molecule has 0 aliphatic heterocycles. The Balaban J connectivity index is 3.25. The van der Waals surface area contributed by atoms with Gasteiger partial charge in [-0.25, -0.2) is 0 Å². The molecule has 1 aliphatic rings. The molecule has 0 aromatic heterocycles. The summed E-state index contributed by atoms with van der Waals surface area (Å²) in [6.45, 7) is 6.96. The number of hydrogen-bond acceptors (Lipinski definition) is 1. The van der Waals surface area contributed by atoms with Crippen molar-refractivity contribution in [1.29, 1.82) is 0 Å². The van der Waals surface area contributed by atoms with Gasteiger partial charge in [0.1, 0.15) is 0 Å². The van der Waals surface area contributed by atoms with Gasteiger partial charge in [0, 0.05) is 0 Å². The third-order valence-corrected chi connectivity index (χ3v) is 20.8. The van der Waals surface area contributed by atoms with Crippen LogP contribution in [-0.2, 0) is 0 Å². The second-order valence-corrected chi connectivity index (χ2v) is 20.8. The summed E-state index contributed by atoms with van der Waals surface area (Å²) < 4.78 is 5.87. The van der Waals surface area contributed by atoms with Crippen molar-refractivity contribution in [3.8, 4) is 11.8 Å². The van der Waals surface area contributed by atoms with E-state index in [1.807, 2.05) is 0 Å². The third-order valence-electron chi connectivity index (χ3n) is 5.56. The molecule has 0 aromatic rings. The fourth-order valence-corrected chi connectivity index (χ4v) is 19.6. The first-order valence-electron chi connectivity index (χ1n) is 10.7. The van der Waals surface area contributed by atoms with Gasteiger partial charge in [0.25, 0.3) is 0 Å². The molecule has 0 saturated carbocycles. The van der Waals surface area contributed by atoms with Crippen molar-refractivity contribution in [3.63, 3.8) is 0 Å². The van der Waals surface area contributed by atoms with E-state index < -0.39 is 18.4 Å². The van der Waals surface area contributed by atoms with E-state index in [4.69, 9.17) is 0 Å². The molecule has 2 heteroatoms. The molecule has 0 amide bonds. The summed E-state index contributed by atoms with van der Waals surface area (Å²) in [4.78, 5) is 0. The number of aliphatic hydroxyl groups is 1. The Hall–Kier alpha value is -0.201. The maximum atomic E-state index is 9.32. The van der Waals surface area contributed by atoms with Gasteiger partial charge < -0.3 is 0 Å². The van der Waals surface area contributed by atoms with E-state index in [1.165, 1.54) is 86.7 Å². The molecule has 0 spiro atoms. The monoisotopic (exact) mass is 452 g/mol. The Morgan fingerprint density at radius 3 is 2.08 bits per heavy atom. The van der Waals surface area contributed by atoms with Crippen molar-refractivity contribution in [2.45, 2.75) is 98.3 Å². The van der Waals surface area contributed by atoms with Gasteiger partial charge in [-0.15, -0.1) is 0 Å². The number of unbranched alkanes of at least 4 members (excludes halogenated alkanes) is 3. The van der Waals surface area contributed by atoms with E-state index in [2.05, 4.69) is 44.8 Å². The minimum absolute atomic E-state index is 0.00628. The quantitative estimate of drug-likeness (QED) is 0.271. The zero-order valence-corrected chi connectivity index (χ0v) is 19.9. The van der Waals surface area contributed by atoms with Gasteiger partial charge in [-0.3, -0.25) is 0 Å². The van der Waals surface area contributed by atoms with Gasteiger partial charge in [-0.1, -0.05) is 0 Å². The summed E-state index contributed by atoms with van der Waals surface area (Å²) in [6.07, 6.45) is 18.0. The van der Waals surface area contributed by atoms with E-state index in [0.717, 1.165) is 0 Å². The summed E-state index contributed by atoms with van der Waals surface area (Å²) in [7, 11) is 0. The molecule has 0 radical (unpaired) electrons. The number of hydrogen-bond donors (Lipinski definition) is 1. The average Bonchev–Trinajstić information content (AvgIpc) is 2.66. The molecule has 1 rings (SSSR count). The molecule has 1 nitrogen and oxygen atoms in total. The summed E-state index contributed by atoms with van der Waals surface area (Å²) in [6, 6.07) is 0. The Morgan fingerprint density at radius 2 is 1.64 bits per heavy atom. The van der Waals surface area contributed by atoms with Gasteiger partial charge >= 0.3 is 162 Å². The second-order valence-electron chi connectivity index (χ2n) is 7.63. The van der Waals surface area contributed by atoms with Gasteiger partial charge in [-0.05, 0) is 0 Å². The van der Waals surface area contributed by atoms with Crippen LogP contribution in [0.2, 0.25) is 13.3 Å². The summed E-state index contributed by atoms with van der Waals surface area (Å²) >= 11 is -2.49. The molecular formula is C23H40OSn. The topological polar surface area (TPSA) is 20.2 Å². The molecule has 0 bridgehead atoms. The Kier molecular flexibility index (Phi) is 12.7.